The van der Waals surface area contributed by atoms with Gasteiger partial charge in [-0.1, -0.05) is 55.5 Å². The molecule has 1 aliphatic carbocycles. The maximum absolute atomic E-state index is 5.52. The molecule has 0 saturated heterocycles. The highest BCUT2D eigenvalue weighted by Crippen LogP contribution is 2.40. The number of aryl methyl sites for hydroxylation is 1. The second kappa shape index (κ2) is 8.89. The standard InChI is InChI=1S/C28H30O3/c1-18-8-6-11-25-23(18)12-13-24(25)19(2)22-10-7-9-20(15-22)14-21-16-26(29-3)28(31-5)27(17-21)30-4/h6-11,13,15-17,19H,12,14H2,1-5H3. The molecule has 0 heterocycles. The van der Waals surface area contributed by atoms with Gasteiger partial charge in [0.05, 0.1) is 21.3 Å². The molecule has 1 unspecified atom stereocenters. The molecule has 0 saturated carbocycles. The van der Waals surface area contributed by atoms with Crippen molar-refractivity contribution in [3.63, 3.8) is 0 Å². The van der Waals surface area contributed by atoms with E-state index in [1.165, 1.54) is 33.4 Å². The van der Waals surface area contributed by atoms with Crippen LogP contribution in [0.4, 0.5) is 0 Å². The van der Waals surface area contributed by atoms with Crippen LogP contribution in [0.2, 0.25) is 0 Å². The highest BCUT2D eigenvalue weighted by atomic mass is 16.5. The van der Waals surface area contributed by atoms with E-state index in [0.29, 0.717) is 23.2 Å². The summed E-state index contributed by atoms with van der Waals surface area (Å²) in [5.41, 5.74) is 9.42. The van der Waals surface area contributed by atoms with Crippen molar-refractivity contribution in [2.75, 3.05) is 21.3 Å². The second-order valence-corrected chi connectivity index (χ2v) is 8.14. The topological polar surface area (TPSA) is 27.7 Å². The lowest BCUT2D eigenvalue weighted by Crippen LogP contribution is -2.00. The highest BCUT2D eigenvalue weighted by molar-refractivity contribution is 5.78. The zero-order chi connectivity index (χ0) is 22.0. The van der Waals surface area contributed by atoms with E-state index >= 15 is 0 Å². The van der Waals surface area contributed by atoms with Gasteiger partial charge in [-0.05, 0) is 70.9 Å². The Balaban J connectivity index is 1.61. The average molecular weight is 415 g/mol. The summed E-state index contributed by atoms with van der Waals surface area (Å²) in [6, 6.07) is 19.6. The third-order valence-electron chi connectivity index (χ3n) is 6.30. The van der Waals surface area contributed by atoms with E-state index in [2.05, 4.69) is 62.4 Å². The molecule has 0 amide bonds. The normalized spacial score (nSPS) is 13.4. The van der Waals surface area contributed by atoms with Crippen LogP contribution in [0.3, 0.4) is 0 Å². The molecule has 4 rings (SSSR count). The lowest BCUT2D eigenvalue weighted by atomic mass is 9.87. The van der Waals surface area contributed by atoms with Crippen molar-refractivity contribution in [3.8, 4) is 17.2 Å². The molecule has 1 aliphatic rings. The Morgan fingerprint density at radius 2 is 1.55 bits per heavy atom. The second-order valence-electron chi connectivity index (χ2n) is 8.14. The molecule has 3 heteroatoms. The predicted molar refractivity (Wildman–Crippen MR) is 127 cm³/mol. The number of benzene rings is 3. The third-order valence-corrected chi connectivity index (χ3v) is 6.30. The van der Waals surface area contributed by atoms with Gasteiger partial charge in [0.1, 0.15) is 0 Å². The third kappa shape index (κ3) is 4.05. The van der Waals surface area contributed by atoms with Crippen molar-refractivity contribution < 1.29 is 14.2 Å². The Morgan fingerprint density at radius 3 is 2.23 bits per heavy atom. The van der Waals surface area contributed by atoms with Gasteiger partial charge in [-0.2, -0.15) is 0 Å². The quantitative estimate of drug-likeness (QED) is 0.450. The number of hydrogen-bond acceptors (Lipinski definition) is 3. The number of methoxy groups -OCH3 is 3. The molecule has 0 aliphatic heterocycles. The molecular formula is C28H30O3. The minimum atomic E-state index is 0.350. The van der Waals surface area contributed by atoms with Crippen LogP contribution in [0, 0.1) is 6.92 Å². The Kier molecular flexibility index (Phi) is 6.03. The largest absolute Gasteiger partial charge is 0.493 e. The summed E-state index contributed by atoms with van der Waals surface area (Å²) in [6.07, 6.45) is 4.23. The first-order chi connectivity index (χ1) is 15.0. The molecular weight excluding hydrogens is 384 g/mol. The van der Waals surface area contributed by atoms with E-state index in [0.717, 1.165) is 18.4 Å². The zero-order valence-corrected chi connectivity index (χ0v) is 19.0. The number of rotatable bonds is 7. The fourth-order valence-electron chi connectivity index (χ4n) is 4.60. The van der Waals surface area contributed by atoms with E-state index in [1.54, 1.807) is 21.3 Å². The van der Waals surface area contributed by atoms with Crippen molar-refractivity contribution >= 4 is 5.57 Å². The fraction of sp³-hybridized carbons (Fsp3) is 0.286. The van der Waals surface area contributed by atoms with E-state index < -0.39 is 0 Å². The monoisotopic (exact) mass is 414 g/mol. The van der Waals surface area contributed by atoms with Gasteiger partial charge in [-0.25, -0.2) is 0 Å². The van der Waals surface area contributed by atoms with Gasteiger partial charge < -0.3 is 14.2 Å². The van der Waals surface area contributed by atoms with Crippen LogP contribution in [0.25, 0.3) is 5.57 Å². The maximum atomic E-state index is 5.52. The smallest absolute Gasteiger partial charge is 0.203 e. The molecule has 31 heavy (non-hydrogen) atoms. The molecule has 3 aromatic rings. The molecule has 0 bridgehead atoms. The molecule has 160 valence electrons. The summed E-state index contributed by atoms with van der Waals surface area (Å²) in [5, 5.41) is 0. The summed E-state index contributed by atoms with van der Waals surface area (Å²) in [5.74, 6) is 2.34. The Morgan fingerprint density at radius 1 is 0.839 bits per heavy atom. The van der Waals surface area contributed by atoms with Crippen LogP contribution in [-0.4, -0.2) is 21.3 Å². The molecule has 3 aromatic carbocycles. The molecule has 0 spiro atoms. The Labute approximate surface area is 185 Å². The maximum Gasteiger partial charge on any atom is 0.203 e. The molecule has 3 nitrogen and oxygen atoms in total. The van der Waals surface area contributed by atoms with Crippen LogP contribution < -0.4 is 14.2 Å². The summed E-state index contributed by atoms with van der Waals surface area (Å²) in [6.45, 7) is 4.51. The van der Waals surface area contributed by atoms with Gasteiger partial charge in [0.15, 0.2) is 11.5 Å². The van der Waals surface area contributed by atoms with E-state index in [1.807, 2.05) is 12.1 Å². The van der Waals surface area contributed by atoms with E-state index in [9.17, 15) is 0 Å². The van der Waals surface area contributed by atoms with Crippen molar-refractivity contribution in [2.45, 2.75) is 32.6 Å². The van der Waals surface area contributed by atoms with Gasteiger partial charge in [-0.15, -0.1) is 0 Å². The van der Waals surface area contributed by atoms with E-state index in [-0.39, 0.29) is 0 Å². The fourth-order valence-corrected chi connectivity index (χ4v) is 4.60. The minimum Gasteiger partial charge on any atom is -0.493 e. The summed E-state index contributed by atoms with van der Waals surface area (Å²) < 4.78 is 16.5. The Bertz CT molecular complexity index is 1100. The molecule has 0 fully saturated rings. The van der Waals surface area contributed by atoms with Crippen molar-refractivity contribution in [3.05, 3.63) is 94.1 Å². The molecule has 0 N–H and O–H groups in total. The van der Waals surface area contributed by atoms with Gasteiger partial charge in [-0.3, -0.25) is 0 Å². The Hall–Kier alpha value is -3.20. The lowest BCUT2D eigenvalue weighted by Gasteiger charge is -2.18. The first-order valence-corrected chi connectivity index (χ1v) is 10.7. The number of allylic oxidation sites excluding steroid dienone is 2. The van der Waals surface area contributed by atoms with Gasteiger partial charge in [0.25, 0.3) is 0 Å². The first kappa shape index (κ1) is 21.0. The van der Waals surface area contributed by atoms with Crippen LogP contribution in [0.15, 0.2) is 60.7 Å². The summed E-state index contributed by atoms with van der Waals surface area (Å²) in [4.78, 5) is 0. The summed E-state index contributed by atoms with van der Waals surface area (Å²) >= 11 is 0. The van der Waals surface area contributed by atoms with Crippen LogP contribution in [0.1, 0.15) is 46.2 Å². The van der Waals surface area contributed by atoms with Gasteiger partial charge >= 0.3 is 0 Å². The number of ether oxygens (including phenoxy) is 3. The summed E-state index contributed by atoms with van der Waals surface area (Å²) in [7, 11) is 4.93. The van der Waals surface area contributed by atoms with Gasteiger partial charge in [0, 0.05) is 5.92 Å². The first-order valence-electron chi connectivity index (χ1n) is 10.7. The van der Waals surface area contributed by atoms with Crippen LogP contribution in [-0.2, 0) is 12.8 Å². The van der Waals surface area contributed by atoms with Crippen LogP contribution >= 0.6 is 0 Å². The molecule has 1 atom stereocenters. The average Bonchev–Trinajstić information content (AvgIpc) is 3.23. The molecule has 0 radical (unpaired) electrons. The van der Waals surface area contributed by atoms with Crippen LogP contribution in [0.5, 0.6) is 17.2 Å². The lowest BCUT2D eigenvalue weighted by molar-refractivity contribution is 0.324. The van der Waals surface area contributed by atoms with Crippen molar-refractivity contribution in [1.82, 2.24) is 0 Å². The van der Waals surface area contributed by atoms with Gasteiger partial charge in [0.2, 0.25) is 5.75 Å². The van der Waals surface area contributed by atoms with Crippen molar-refractivity contribution in [1.29, 1.82) is 0 Å². The predicted octanol–water partition coefficient (Wildman–Crippen LogP) is 6.35. The molecule has 0 aromatic heterocycles. The highest BCUT2D eigenvalue weighted by Gasteiger charge is 2.21. The number of hydrogen-bond donors (Lipinski definition) is 0. The minimum absolute atomic E-state index is 0.350. The van der Waals surface area contributed by atoms with Crippen molar-refractivity contribution in [2.24, 2.45) is 0 Å². The number of fused-ring (bicyclic) bond motifs is 1. The SMILES string of the molecule is COc1cc(Cc2cccc(C(C)C3=CCc4c(C)cccc43)c2)cc(OC)c1OC. The van der Waals surface area contributed by atoms with E-state index in [4.69, 9.17) is 14.2 Å². The zero-order valence-electron chi connectivity index (χ0n) is 19.0.